The first-order chi connectivity index (χ1) is 10.3. The van der Waals surface area contributed by atoms with Crippen LogP contribution < -0.4 is 0 Å². The van der Waals surface area contributed by atoms with E-state index in [-0.39, 0.29) is 24.2 Å². The largest absolute Gasteiger partial charge is 0.372 e. The number of hydrogen-bond acceptors (Lipinski definition) is 4. The summed E-state index contributed by atoms with van der Waals surface area (Å²) in [5.74, 6) is 0.208. The second kappa shape index (κ2) is 6.73. The Morgan fingerprint density at radius 1 is 1.57 bits per heavy atom. The number of morpholine rings is 1. The van der Waals surface area contributed by atoms with Crippen molar-refractivity contribution in [2.45, 2.75) is 37.5 Å². The predicted molar refractivity (Wildman–Crippen MR) is 82.4 cm³/mol. The lowest BCUT2D eigenvalue weighted by atomic mass is 10.1. The van der Waals surface area contributed by atoms with Crippen molar-refractivity contribution in [3.05, 3.63) is 35.0 Å². The molecule has 1 saturated heterocycles. The molecule has 5 heteroatoms. The molecule has 0 radical (unpaired) electrons. The summed E-state index contributed by atoms with van der Waals surface area (Å²) in [5, 5.41) is 2.01. The second-order valence-corrected chi connectivity index (χ2v) is 6.52. The average Bonchev–Trinajstić information content (AvgIpc) is 3.14. The van der Waals surface area contributed by atoms with E-state index in [9.17, 15) is 4.79 Å². The van der Waals surface area contributed by atoms with Crippen molar-refractivity contribution in [2.24, 2.45) is 0 Å². The van der Waals surface area contributed by atoms with E-state index < -0.39 is 0 Å². The first kappa shape index (κ1) is 14.8. The highest BCUT2D eigenvalue weighted by atomic mass is 32.1. The van der Waals surface area contributed by atoms with Gasteiger partial charge in [0, 0.05) is 11.4 Å². The first-order valence-electron chi connectivity index (χ1n) is 7.45. The summed E-state index contributed by atoms with van der Waals surface area (Å²) in [6.07, 6.45) is 4.28. The van der Waals surface area contributed by atoms with E-state index in [4.69, 9.17) is 9.47 Å². The number of thiophene rings is 1. The van der Waals surface area contributed by atoms with Crippen molar-refractivity contribution in [1.29, 1.82) is 0 Å². The van der Waals surface area contributed by atoms with Gasteiger partial charge in [0.1, 0.15) is 6.10 Å². The molecule has 4 nitrogen and oxygen atoms in total. The molecule has 1 aliphatic heterocycles. The Bertz CT molecular complexity index is 488. The number of fused-ring (bicyclic) bond motifs is 1. The molecule has 1 saturated carbocycles. The van der Waals surface area contributed by atoms with Crippen LogP contribution in [0.2, 0.25) is 0 Å². The number of carbonyl (C=O) groups excluding carboxylic acids is 1. The molecule has 3 atom stereocenters. The van der Waals surface area contributed by atoms with E-state index in [0.29, 0.717) is 26.2 Å². The fourth-order valence-corrected chi connectivity index (χ4v) is 3.95. The molecule has 0 N–H and O–H groups in total. The summed E-state index contributed by atoms with van der Waals surface area (Å²) in [5.41, 5.74) is 0. The van der Waals surface area contributed by atoms with E-state index in [1.807, 2.05) is 22.4 Å². The van der Waals surface area contributed by atoms with Crippen molar-refractivity contribution in [3.63, 3.8) is 0 Å². The van der Waals surface area contributed by atoms with E-state index >= 15 is 0 Å². The number of carbonyl (C=O) groups is 1. The molecule has 114 valence electrons. The third-order valence-electron chi connectivity index (χ3n) is 4.19. The molecule has 0 bridgehead atoms. The lowest BCUT2D eigenvalue weighted by Gasteiger charge is -2.39. The van der Waals surface area contributed by atoms with Crippen LogP contribution in [0.25, 0.3) is 0 Å². The first-order valence-corrected chi connectivity index (χ1v) is 8.33. The van der Waals surface area contributed by atoms with Gasteiger partial charge in [-0.25, -0.2) is 0 Å². The molecule has 1 amide bonds. The number of amides is 1. The maximum atomic E-state index is 12.5. The van der Waals surface area contributed by atoms with Gasteiger partial charge >= 0.3 is 0 Å². The van der Waals surface area contributed by atoms with E-state index in [1.165, 1.54) is 0 Å². The van der Waals surface area contributed by atoms with Crippen LogP contribution in [0.1, 0.15) is 17.7 Å². The second-order valence-electron chi connectivity index (χ2n) is 5.48. The zero-order valence-corrected chi connectivity index (χ0v) is 12.9. The summed E-state index contributed by atoms with van der Waals surface area (Å²) in [7, 11) is 0. The van der Waals surface area contributed by atoms with Crippen LogP contribution in [0.5, 0.6) is 0 Å². The molecule has 1 aromatic heterocycles. The van der Waals surface area contributed by atoms with Gasteiger partial charge in [0.05, 0.1) is 31.8 Å². The molecule has 2 fully saturated rings. The Labute approximate surface area is 129 Å². The summed E-state index contributed by atoms with van der Waals surface area (Å²) in [6, 6.07) is 4.18. The molecule has 0 unspecified atom stereocenters. The summed E-state index contributed by atoms with van der Waals surface area (Å²) in [4.78, 5) is 15.7. The third-order valence-corrected chi connectivity index (χ3v) is 5.07. The standard InChI is InChI=1S/C16H21NO3S/c1-2-8-19-14-6-5-13-16(14)20-9-7-17(13)15(18)11-12-4-3-10-21-12/h2-4,10,13-14,16H,1,5-9,11H2/t13-,14-,16+/m0/s1. The number of ether oxygens (including phenoxy) is 2. The van der Waals surface area contributed by atoms with Crippen LogP contribution in [0, 0.1) is 0 Å². The Kier molecular flexibility index (Phi) is 4.73. The monoisotopic (exact) mass is 307 g/mol. The van der Waals surface area contributed by atoms with Crippen molar-refractivity contribution >= 4 is 17.2 Å². The Balaban J connectivity index is 1.64. The van der Waals surface area contributed by atoms with Gasteiger partial charge in [-0.15, -0.1) is 17.9 Å². The zero-order valence-electron chi connectivity index (χ0n) is 12.1. The molecular formula is C16H21NO3S. The van der Waals surface area contributed by atoms with Gasteiger partial charge in [0.2, 0.25) is 5.91 Å². The van der Waals surface area contributed by atoms with Gasteiger partial charge in [-0.3, -0.25) is 4.79 Å². The fraction of sp³-hybridized carbons (Fsp3) is 0.562. The number of hydrogen-bond donors (Lipinski definition) is 0. The van der Waals surface area contributed by atoms with E-state index in [0.717, 1.165) is 17.7 Å². The minimum absolute atomic E-state index is 0.0194. The zero-order chi connectivity index (χ0) is 14.7. The highest BCUT2D eigenvalue weighted by Crippen LogP contribution is 2.32. The molecule has 1 aliphatic carbocycles. The summed E-state index contributed by atoms with van der Waals surface area (Å²) >= 11 is 1.64. The van der Waals surface area contributed by atoms with Crippen molar-refractivity contribution in [1.82, 2.24) is 4.90 Å². The van der Waals surface area contributed by atoms with Gasteiger partial charge in [-0.1, -0.05) is 12.1 Å². The van der Waals surface area contributed by atoms with Crippen LogP contribution in [0.4, 0.5) is 0 Å². The van der Waals surface area contributed by atoms with Gasteiger partial charge in [-0.05, 0) is 24.3 Å². The lowest BCUT2D eigenvalue weighted by Crippen LogP contribution is -2.54. The highest BCUT2D eigenvalue weighted by Gasteiger charge is 2.44. The van der Waals surface area contributed by atoms with Crippen LogP contribution in [0.15, 0.2) is 30.2 Å². The topological polar surface area (TPSA) is 38.8 Å². The van der Waals surface area contributed by atoms with E-state index in [1.54, 1.807) is 17.4 Å². The van der Waals surface area contributed by atoms with Gasteiger partial charge in [0.25, 0.3) is 0 Å². The van der Waals surface area contributed by atoms with Crippen LogP contribution >= 0.6 is 11.3 Å². The van der Waals surface area contributed by atoms with Crippen LogP contribution in [-0.2, 0) is 20.7 Å². The minimum atomic E-state index is 0.0194. The molecule has 2 heterocycles. The predicted octanol–water partition coefficient (Wildman–Crippen LogP) is 2.25. The van der Waals surface area contributed by atoms with Gasteiger partial charge < -0.3 is 14.4 Å². The summed E-state index contributed by atoms with van der Waals surface area (Å²) < 4.78 is 11.7. The molecular weight excluding hydrogens is 286 g/mol. The fourth-order valence-electron chi connectivity index (χ4n) is 3.26. The Morgan fingerprint density at radius 3 is 3.24 bits per heavy atom. The van der Waals surface area contributed by atoms with Crippen molar-refractivity contribution < 1.29 is 14.3 Å². The lowest BCUT2D eigenvalue weighted by molar-refractivity contribution is -0.150. The van der Waals surface area contributed by atoms with Crippen molar-refractivity contribution in [3.8, 4) is 0 Å². The molecule has 21 heavy (non-hydrogen) atoms. The SMILES string of the molecule is C=CCO[C@H]1CC[C@H]2[C@H]1OCCN2C(=O)Cc1cccs1. The minimum Gasteiger partial charge on any atom is -0.372 e. The Hall–Kier alpha value is -1.17. The van der Waals surface area contributed by atoms with E-state index in [2.05, 4.69) is 6.58 Å². The van der Waals surface area contributed by atoms with Gasteiger partial charge in [-0.2, -0.15) is 0 Å². The average molecular weight is 307 g/mol. The smallest absolute Gasteiger partial charge is 0.228 e. The maximum Gasteiger partial charge on any atom is 0.228 e. The summed E-state index contributed by atoms with van der Waals surface area (Å²) in [6.45, 7) is 5.52. The molecule has 2 aliphatic rings. The molecule has 0 aromatic carbocycles. The number of nitrogens with zero attached hydrogens (tertiary/aromatic N) is 1. The quantitative estimate of drug-likeness (QED) is 0.783. The third kappa shape index (κ3) is 3.20. The van der Waals surface area contributed by atoms with Gasteiger partial charge in [0.15, 0.2) is 0 Å². The van der Waals surface area contributed by atoms with Crippen LogP contribution in [0.3, 0.4) is 0 Å². The maximum absolute atomic E-state index is 12.5. The van der Waals surface area contributed by atoms with Crippen LogP contribution in [-0.4, -0.2) is 48.8 Å². The normalized spacial score (nSPS) is 28.4. The van der Waals surface area contributed by atoms with Crippen molar-refractivity contribution in [2.75, 3.05) is 19.8 Å². The molecule has 0 spiro atoms. The molecule has 1 aromatic rings. The highest BCUT2D eigenvalue weighted by molar-refractivity contribution is 7.10. The Morgan fingerprint density at radius 2 is 2.48 bits per heavy atom. The molecule has 3 rings (SSSR count). The number of rotatable bonds is 5.